The van der Waals surface area contributed by atoms with Crippen molar-refractivity contribution in [1.82, 2.24) is 9.13 Å². The lowest BCUT2D eigenvalue weighted by Crippen LogP contribution is -2.71. The summed E-state index contributed by atoms with van der Waals surface area (Å²) in [5.74, 6) is 5.02. The van der Waals surface area contributed by atoms with Crippen molar-refractivity contribution < 1.29 is 9.15 Å². The zero-order chi connectivity index (χ0) is 26.2. The van der Waals surface area contributed by atoms with Crippen LogP contribution < -0.4 is 11.0 Å². The smallest absolute Gasteiger partial charge is 0.192 e. The summed E-state index contributed by atoms with van der Waals surface area (Å²) in [5.41, 5.74) is 4.04. The summed E-state index contributed by atoms with van der Waals surface area (Å²) in [5, 5.41) is 4.41. The van der Waals surface area contributed by atoms with Crippen LogP contribution in [-0.4, -0.2) is 41.6 Å². The van der Waals surface area contributed by atoms with E-state index in [4.69, 9.17) is 20.0 Å². The van der Waals surface area contributed by atoms with Gasteiger partial charge in [0.1, 0.15) is 0 Å². The normalized spacial score (nSPS) is 26.0. The number of aliphatic imine (C=N–C) groups is 2. The fraction of sp³-hybridized carbons (Fsp3) is 0.0909. The van der Waals surface area contributed by atoms with Crippen LogP contribution in [0, 0.1) is 11.8 Å². The van der Waals surface area contributed by atoms with E-state index < -0.39 is 5.91 Å². The third-order valence-corrected chi connectivity index (χ3v) is 9.75. The lowest BCUT2D eigenvalue weighted by molar-refractivity contribution is -0.791. The van der Waals surface area contributed by atoms with Crippen molar-refractivity contribution in [3.8, 4) is 0 Å². The minimum absolute atomic E-state index is 0.0907. The minimum atomic E-state index is -0.881. The summed E-state index contributed by atoms with van der Waals surface area (Å²) in [6.07, 6.45) is 8.86. The van der Waals surface area contributed by atoms with Gasteiger partial charge in [-0.05, 0) is 36.4 Å². The molecule has 6 aliphatic heterocycles. The molecule has 3 aromatic carbocycles. The Bertz CT molecular complexity index is 2550. The molecule has 0 radical (unpaired) electrons. The van der Waals surface area contributed by atoms with E-state index in [1.54, 1.807) is 0 Å². The van der Waals surface area contributed by atoms with Gasteiger partial charge in [-0.1, -0.05) is 80.7 Å². The van der Waals surface area contributed by atoms with Gasteiger partial charge in [0.25, 0.3) is 23.3 Å². The first-order valence-electron chi connectivity index (χ1n) is 14.0. The van der Waals surface area contributed by atoms with Gasteiger partial charge in [0.15, 0.2) is 0 Å². The molecule has 8 nitrogen and oxygen atoms in total. The Morgan fingerprint density at radius 2 is 1.22 bits per heavy atom. The van der Waals surface area contributed by atoms with Crippen molar-refractivity contribution in [2.75, 3.05) is 0 Å². The molecule has 41 heavy (non-hydrogen) atoms. The minimum Gasteiger partial charge on any atom is -0.192 e. The first kappa shape index (κ1) is 19.5. The molecule has 0 saturated carbocycles. The number of benzene rings is 3. The van der Waals surface area contributed by atoms with Crippen molar-refractivity contribution in [2.45, 2.75) is 5.91 Å². The first-order chi connectivity index (χ1) is 20.4. The molecule has 0 amide bonds. The highest BCUT2D eigenvalue weighted by Gasteiger charge is 2.70. The second-order valence-corrected chi connectivity index (χ2v) is 11.5. The fourth-order valence-corrected chi connectivity index (χ4v) is 8.25. The van der Waals surface area contributed by atoms with E-state index in [0.717, 1.165) is 78.6 Å². The van der Waals surface area contributed by atoms with Crippen molar-refractivity contribution in [1.29, 1.82) is 0 Å². The molecular formula is C33H18N8+2. The molecule has 3 atom stereocenters. The summed E-state index contributed by atoms with van der Waals surface area (Å²) in [6.45, 7) is 0. The summed E-state index contributed by atoms with van der Waals surface area (Å²) in [6, 6.07) is 25.6. The molecule has 0 N–H and O–H groups in total. The van der Waals surface area contributed by atoms with Gasteiger partial charge < -0.3 is 0 Å². The third kappa shape index (κ3) is 1.79. The number of fused-ring (bicyclic) bond motifs is 12. The zero-order valence-electron chi connectivity index (χ0n) is 21.5. The van der Waals surface area contributed by atoms with Crippen molar-refractivity contribution in [2.24, 2.45) is 31.8 Å². The van der Waals surface area contributed by atoms with E-state index in [1.807, 2.05) is 0 Å². The van der Waals surface area contributed by atoms with Crippen LogP contribution in [0.1, 0.15) is 11.1 Å². The van der Waals surface area contributed by atoms with Gasteiger partial charge in [-0.15, -0.1) is 4.58 Å². The Kier molecular flexibility index (Phi) is 2.85. The number of hydrogen-bond acceptors (Lipinski definition) is 4. The van der Waals surface area contributed by atoms with E-state index >= 15 is 0 Å². The molecular weight excluding hydrogens is 508 g/mol. The maximum atomic E-state index is 5.48. The predicted molar refractivity (Wildman–Crippen MR) is 154 cm³/mol. The topological polar surface area (TPSA) is 65.3 Å². The van der Waals surface area contributed by atoms with Crippen LogP contribution in [0.4, 0.5) is 11.6 Å². The number of nitrogens with zero attached hydrogens (tertiary/aromatic N) is 8. The van der Waals surface area contributed by atoms with E-state index in [-0.39, 0.29) is 11.8 Å². The molecule has 5 aromatic rings. The fourth-order valence-electron chi connectivity index (χ4n) is 8.25. The lowest BCUT2D eigenvalue weighted by Gasteiger charge is -2.40. The molecule has 1 spiro atoms. The van der Waals surface area contributed by atoms with Gasteiger partial charge in [-0.3, -0.25) is 0 Å². The average molecular weight is 527 g/mol. The number of rotatable bonds is 0. The number of allylic oxidation sites excluding steroid dienone is 2. The van der Waals surface area contributed by atoms with Gasteiger partial charge in [-0.25, -0.2) is 0 Å². The Hall–Kier alpha value is -5.50. The SMILES string of the molecule is C1=CC2C3=Nc4c5ccccc5c5n4C46n7c(c8ccccc8c7=NC(=[N+]34)C2C=C1)=NC1=[N+]6C(=N5)c2ccccc21. The molecule has 8 heterocycles. The quantitative estimate of drug-likeness (QED) is 0.277. The average Bonchev–Trinajstić information content (AvgIpc) is 3.74. The molecule has 188 valence electrons. The van der Waals surface area contributed by atoms with Gasteiger partial charge in [0.05, 0.1) is 23.0 Å². The highest BCUT2D eigenvalue weighted by molar-refractivity contribution is 6.18. The van der Waals surface area contributed by atoms with Crippen LogP contribution in [-0.2, 0) is 5.91 Å². The van der Waals surface area contributed by atoms with E-state index in [1.165, 1.54) is 0 Å². The van der Waals surface area contributed by atoms with Crippen molar-refractivity contribution >= 4 is 56.5 Å². The molecule has 1 aliphatic carbocycles. The van der Waals surface area contributed by atoms with Crippen LogP contribution in [0.2, 0.25) is 0 Å². The molecule has 0 saturated heterocycles. The molecule has 3 unspecified atom stereocenters. The van der Waals surface area contributed by atoms with E-state index in [9.17, 15) is 0 Å². The van der Waals surface area contributed by atoms with Crippen LogP contribution in [0.15, 0.2) is 117 Å². The molecule has 12 rings (SSSR count). The molecule has 8 heteroatoms. The standard InChI is InChI=1S/C33H18N8/c1-2-10-18-17(9-1)25-34-27-19-11-3-4-12-20(19)29-36-31-23-15-7-8-16-24(23)32-37-30-22-14-6-5-13-21(22)28-35-26(18)38(25)33(39(27)29,40(28)30)41(31)32/h1-18H/q+2. The van der Waals surface area contributed by atoms with Crippen molar-refractivity contribution in [3.63, 3.8) is 0 Å². The van der Waals surface area contributed by atoms with Crippen LogP contribution in [0.5, 0.6) is 0 Å². The summed E-state index contributed by atoms with van der Waals surface area (Å²) < 4.78 is 9.48. The lowest BCUT2D eigenvalue weighted by atomic mass is 9.89. The maximum absolute atomic E-state index is 5.48. The Morgan fingerprint density at radius 1 is 0.585 bits per heavy atom. The summed E-state index contributed by atoms with van der Waals surface area (Å²) >= 11 is 0. The molecule has 0 fully saturated rings. The Labute approximate surface area is 231 Å². The highest BCUT2D eigenvalue weighted by Crippen LogP contribution is 2.53. The Balaban J connectivity index is 1.43. The summed E-state index contributed by atoms with van der Waals surface area (Å²) in [7, 11) is 0. The zero-order valence-corrected chi connectivity index (χ0v) is 21.5. The second-order valence-electron chi connectivity index (χ2n) is 11.5. The van der Waals surface area contributed by atoms with Gasteiger partial charge in [-0.2, -0.15) is 13.7 Å². The molecule has 7 aliphatic rings. The van der Waals surface area contributed by atoms with Gasteiger partial charge in [0, 0.05) is 21.5 Å². The Morgan fingerprint density at radius 3 is 2.00 bits per heavy atom. The number of amidine groups is 4. The monoisotopic (exact) mass is 526 g/mol. The third-order valence-electron chi connectivity index (χ3n) is 9.75. The van der Waals surface area contributed by atoms with Crippen molar-refractivity contribution in [3.05, 3.63) is 119 Å². The van der Waals surface area contributed by atoms with Gasteiger partial charge >= 0.3 is 5.91 Å². The predicted octanol–water partition coefficient (Wildman–Crippen LogP) is 3.67. The maximum Gasteiger partial charge on any atom is 0.404 e. The van der Waals surface area contributed by atoms with Crippen LogP contribution in [0.3, 0.4) is 0 Å². The largest absolute Gasteiger partial charge is 0.404 e. The van der Waals surface area contributed by atoms with E-state index in [0.29, 0.717) is 0 Å². The summed E-state index contributed by atoms with van der Waals surface area (Å²) in [4.78, 5) is 21.8. The molecule has 2 aromatic heterocycles. The second kappa shape index (κ2) is 5.97. The highest BCUT2D eigenvalue weighted by atomic mass is 15.7. The van der Waals surface area contributed by atoms with Gasteiger partial charge in [0.2, 0.25) is 22.6 Å². The van der Waals surface area contributed by atoms with Crippen LogP contribution >= 0.6 is 0 Å². The number of aromatic nitrogens is 2. The van der Waals surface area contributed by atoms with Crippen LogP contribution in [0.25, 0.3) is 21.5 Å². The first-order valence-corrected chi connectivity index (χ1v) is 14.0. The molecule has 0 bridgehead atoms. The number of hydrogen-bond donors (Lipinski definition) is 0. The van der Waals surface area contributed by atoms with E-state index in [2.05, 4.69) is 115 Å².